The van der Waals surface area contributed by atoms with E-state index in [-0.39, 0.29) is 5.54 Å². The number of carboxylic acid groups (broad SMARTS) is 1. The topological polar surface area (TPSA) is 49.3 Å². The molecule has 1 aliphatic rings. The molecule has 0 aromatic heterocycles. The molecule has 1 heterocycles. The fourth-order valence-electron chi connectivity index (χ4n) is 2.89. The fourth-order valence-corrected chi connectivity index (χ4v) is 2.89. The summed E-state index contributed by atoms with van der Waals surface area (Å²) < 4.78 is 0. The molecule has 0 saturated carbocycles. The van der Waals surface area contributed by atoms with Crippen molar-refractivity contribution in [3.8, 4) is 0 Å². The minimum absolute atomic E-state index is 0.0512. The second-order valence-electron chi connectivity index (χ2n) is 5.88. The summed E-state index contributed by atoms with van der Waals surface area (Å²) in [5, 5.41) is 12.8. The Morgan fingerprint density at radius 1 is 1.50 bits per heavy atom. The molecule has 1 atom stereocenters. The zero-order valence-electron chi connectivity index (χ0n) is 11.5. The number of hydrogen-bond donors (Lipinski definition) is 2. The molecule has 3 nitrogen and oxygen atoms in total. The van der Waals surface area contributed by atoms with Gasteiger partial charge in [-0.25, -0.2) is 4.79 Å². The normalized spacial score (nSPS) is 21.0. The lowest BCUT2D eigenvalue weighted by molar-refractivity contribution is 0.0697. The minimum Gasteiger partial charge on any atom is -0.478 e. The van der Waals surface area contributed by atoms with E-state index in [0.717, 1.165) is 29.7 Å². The van der Waals surface area contributed by atoms with Crippen molar-refractivity contribution in [1.29, 1.82) is 0 Å². The predicted molar refractivity (Wildman–Crippen MR) is 73.5 cm³/mol. The van der Waals surface area contributed by atoms with Gasteiger partial charge in [0.2, 0.25) is 0 Å². The van der Waals surface area contributed by atoms with Crippen LogP contribution in [0.1, 0.15) is 61.5 Å². The van der Waals surface area contributed by atoms with E-state index in [1.54, 1.807) is 6.07 Å². The van der Waals surface area contributed by atoms with E-state index in [1.165, 1.54) is 0 Å². The first-order valence-electron chi connectivity index (χ1n) is 6.52. The van der Waals surface area contributed by atoms with Gasteiger partial charge in [-0.05, 0) is 49.8 Å². The number of nitrogens with one attached hydrogen (secondary N) is 1. The lowest BCUT2D eigenvalue weighted by atomic mass is 9.80. The van der Waals surface area contributed by atoms with E-state index in [4.69, 9.17) is 0 Å². The monoisotopic (exact) mass is 247 g/mol. The maximum atomic E-state index is 11.4. The largest absolute Gasteiger partial charge is 0.478 e. The maximum absolute atomic E-state index is 11.4. The average molecular weight is 247 g/mol. The van der Waals surface area contributed by atoms with Gasteiger partial charge < -0.3 is 10.4 Å². The fraction of sp³-hybridized carbons (Fsp3) is 0.533. The molecule has 0 unspecified atom stereocenters. The van der Waals surface area contributed by atoms with Gasteiger partial charge in [-0.2, -0.15) is 0 Å². The van der Waals surface area contributed by atoms with Crippen LogP contribution in [0.15, 0.2) is 12.1 Å². The lowest BCUT2D eigenvalue weighted by Gasteiger charge is -2.38. The molecule has 1 aromatic carbocycles. The molecule has 0 bridgehead atoms. The van der Waals surface area contributed by atoms with Crippen LogP contribution in [-0.2, 0) is 6.42 Å². The third-order valence-electron chi connectivity index (χ3n) is 3.68. The summed E-state index contributed by atoms with van der Waals surface area (Å²) in [4.78, 5) is 11.4. The molecular formula is C15H21NO2. The molecule has 0 amide bonds. The Morgan fingerprint density at radius 3 is 2.72 bits per heavy atom. The van der Waals surface area contributed by atoms with Gasteiger partial charge in [-0.3, -0.25) is 0 Å². The molecule has 3 heteroatoms. The molecule has 1 aromatic rings. The van der Waals surface area contributed by atoms with E-state index in [0.29, 0.717) is 11.5 Å². The zero-order valence-corrected chi connectivity index (χ0v) is 11.5. The molecule has 1 aliphatic heterocycles. The number of anilines is 1. The number of aromatic carboxylic acids is 1. The molecule has 2 rings (SSSR count). The number of carbonyl (C=O) groups is 1. The van der Waals surface area contributed by atoms with Crippen LogP contribution in [0.3, 0.4) is 0 Å². The second kappa shape index (κ2) is 4.30. The summed E-state index contributed by atoms with van der Waals surface area (Å²) in [6, 6.07) is 3.94. The molecule has 0 aliphatic carbocycles. The Hall–Kier alpha value is -1.51. The Labute approximate surface area is 108 Å². The highest BCUT2D eigenvalue weighted by Crippen LogP contribution is 2.41. The van der Waals surface area contributed by atoms with E-state index >= 15 is 0 Å². The number of hydrogen-bond acceptors (Lipinski definition) is 2. The third-order valence-corrected chi connectivity index (χ3v) is 3.68. The van der Waals surface area contributed by atoms with Crippen molar-refractivity contribution in [3.63, 3.8) is 0 Å². The first kappa shape index (κ1) is 12.9. The Morgan fingerprint density at radius 2 is 2.17 bits per heavy atom. The number of fused-ring (bicyclic) bond motifs is 1. The van der Waals surface area contributed by atoms with Crippen LogP contribution in [-0.4, -0.2) is 16.6 Å². The second-order valence-corrected chi connectivity index (χ2v) is 5.88. The summed E-state index contributed by atoms with van der Waals surface area (Å²) in [5.41, 5.74) is 3.41. The van der Waals surface area contributed by atoms with Gasteiger partial charge in [0.05, 0.1) is 11.3 Å². The van der Waals surface area contributed by atoms with Gasteiger partial charge in [0.25, 0.3) is 0 Å². The van der Waals surface area contributed by atoms with Crippen molar-refractivity contribution >= 4 is 11.7 Å². The highest BCUT2D eigenvalue weighted by Gasteiger charge is 2.32. The van der Waals surface area contributed by atoms with Gasteiger partial charge in [0, 0.05) is 5.54 Å². The van der Waals surface area contributed by atoms with Crippen molar-refractivity contribution in [2.45, 2.75) is 52.0 Å². The molecule has 0 radical (unpaired) electrons. The first-order chi connectivity index (χ1) is 8.34. The Balaban J connectivity index is 2.62. The highest BCUT2D eigenvalue weighted by atomic mass is 16.4. The third kappa shape index (κ3) is 2.22. The first-order valence-corrected chi connectivity index (χ1v) is 6.52. The SMILES string of the molecule is CCc1cc(C(=O)O)c2c(c1)[C@H](C)CC(C)(C)N2. The van der Waals surface area contributed by atoms with Gasteiger partial charge in [0.1, 0.15) is 0 Å². The average Bonchev–Trinajstić information content (AvgIpc) is 2.26. The van der Waals surface area contributed by atoms with E-state index in [9.17, 15) is 9.90 Å². The summed E-state index contributed by atoms with van der Waals surface area (Å²) in [5.74, 6) is -0.459. The number of rotatable bonds is 2. The molecule has 0 spiro atoms. The number of benzene rings is 1. The van der Waals surface area contributed by atoms with Crippen LogP contribution >= 0.6 is 0 Å². The molecule has 2 N–H and O–H groups in total. The van der Waals surface area contributed by atoms with Crippen molar-refractivity contribution in [2.75, 3.05) is 5.32 Å². The molecule has 0 fully saturated rings. The quantitative estimate of drug-likeness (QED) is 0.838. The van der Waals surface area contributed by atoms with Crippen molar-refractivity contribution in [3.05, 3.63) is 28.8 Å². The predicted octanol–water partition coefficient (Wildman–Crippen LogP) is 3.64. The summed E-state index contributed by atoms with van der Waals surface area (Å²) >= 11 is 0. The summed E-state index contributed by atoms with van der Waals surface area (Å²) in [7, 11) is 0. The number of aryl methyl sites for hydroxylation is 1. The highest BCUT2D eigenvalue weighted by molar-refractivity contribution is 5.96. The van der Waals surface area contributed by atoms with Gasteiger partial charge in [0.15, 0.2) is 0 Å². The number of carboxylic acids is 1. The maximum Gasteiger partial charge on any atom is 0.337 e. The Kier molecular flexibility index (Phi) is 3.09. The van der Waals surface area contributed by atoms with E-state index in [2.05, 4.69) is 39.1 Å². The van der Waals surface area contributed by atoms with Gasteiger partial charge >= 0.3 is 5.97 Å². The van der Waals surface area contributed by atoms with Crippen LogP contribution in [0.5, 0.6) is 0 Å². The van der Waals surface area contributed by atoms with Crippen LogP contribution < -0.4 is 5.32 Å². The lowest BCUT2D eigenvalue weighted by Crippen LogP contribution is -2.37. The molecule has 18 heavy (non-hydrogen) atoms. The van der Waals surface area contributed by atoms with Gasteiger partial charge in [-0.1, -0.05) is 19.9 Å². The minimum atomic E-state index is -0.848. The zero-order chi connectivity index (χ0) is 13.5. The van der Waals surface area contributed by atoms with Crippen LogP contribution in [0.2, 0.25) is 0 Å². The van der Waals surface area contributed by atoms with E-state index < -0.39 is 5.97 Å². The van der Waals surface area contributed by atoms with Crippen LogP contribution in [0.25, 0.3) is 0 Å². The van der Waals surface area contributed by atoms with Crippen molar-refractivity contribution < 1.29 is 9.90 Å². The van der Waals surface area contributed by atoms with Crippen molar-refractivity contribution in [1.82, 2.24) is 0 Å². The van der Waals surface area contributed by atoms with Crippen LogP contribution in [0, 0.1) is 0 Å². The van der Waals surface area contributed by atoms with Crippen LogP contribution in [0.4, 0.5) is 5.69 Å². The molecular weight excluding hydrogens is 226 g/mol. The van der Waals surface area contributed by atoms with Gasteiger partial charge in [-0.15, -0.1) is 0 Å². The molecule has 98 valence electrons. The van der Waals surface area contributed by atoms with E-state index in [1.807, 2.05) is 0 Å². The Bertz CT molecular complexity index is 492. The smallest absolute Gasteiger partial charge is 0.337 e. The standard InChI is InChI=1S/C15H21NO2/c1-5-10-6-11-9(2)8-15(3,4)16-13(11)12(7-10)14(17)18/h6-7,9,16H,5,8H2,1-4H3,(H,17,18)/t9-/m1/s1. The van der Waals surface area contributed by atoms with Crippen molar-refractivity contribution in [2.24, 2.45) is 0 Å². The summed E-state index contributed by atoms with van der Waals surface area (Å²) in [6.45, 7) is 8.46. The summed E-state index contributed by atoms with van der Waals surface area (Å²) in [6.07, 6.45) is 1.88. The molecule has 0 saturated heterocycles.